The summed E-state index contributed by atoms with van der Waals surface area (Å²) in [5.74, 6) is 0.129. The van der Waals surface area contributed by atoms with Crippen molar-refractivity contribution in [2.75, 3.05) is 13.6 Å². The summed E-state index contributed by atoms with van der Waals surface area (Å²) in [5.41, 5.74) is 1.96. The monoisotopic (exact) mass is 401 g/mol. The third-order valence-corrected chi connectivity index (χ3v) is 4.91. The Hall–Kier alpha value is -0.490. The number of carbonyl (C=O) groups excluding carboxylic acids is 1. The maximum absolute atomic E-state index is 12.2. The summed E-state index contributed by atoms with van der Waals surface area (Å²) in [4.78, 5) is 14.2. The van der Waals surface area contributed by atoms with Crippen molar-refractivity contribution in [2.45, 2.75) is 6.54 Å². The molecule has 2 aromatic rings. The van der Waals surface area contributed by atoms with Crippen molar-refractivity contribution < 1.29 is 4.79 Å². The Morgan fingerprint density at radius 3 is 2.68 bits per heavy atom. The quantitative estimate of drug-likeness (QED) is 0.681. The van der Waals surface area contributed by atoms with Gasteiger partial charge in [-0.25, -0.2) is 0 Å². The molecule has 0 bridgehead atoms. The summed E-state index contributed by atoms with van der Waals surface area (Å²) >= 11 is 8.52. The number of thiophene rings is 1. The van der Waals surface area contributed by atoms with Crippen molar-refractivity contribution >= 4 is 49.0 Å². The number of likely N-dealkylation sites (N-methyl/N-ethyl adjacent to an activating group) is 1. The molecule has 2 rings (SSSR count). The second kappa shape index (κ2) is 6.79. The number of rotatable bonds is 5. The van der Waals surface area contributed by atoms with E-state index in [-0.39, 0.29) is 5.78 Å². The van der Waals surface area contributed by atoms with Crippen molar-refractivity contribution in [1.29, 1.82) is 0 Å². The number of benzene rings is 1. The van der Waals surface area contributed by atoms with E-state index in [0.29, 0.717) is 6.54 Å². The summed E-state index contributed by atoms with van der Waals surface area (Å²) in [6.45, 7) is 1.19. The van der Waals surface area contributed by atoms with Crippen LogP contribution >= 0.6 is 43.2 Å². The second-order valence-corrected chi connectivity index (χ2v) is 7.48. The number of ketones is 1. The zero-order valence-electron chi connectivity index (χ0n) is 10.4. The Morgan fingerprint density at radius 1 is 1.32 bits per heavy atom. The van der Waals surface area contributed by atoms with Crippen molar-refractivity contribution in [1.82, 2.24) is 4.90 Å². The van der Waals surface area contributed by atoms with Crippen LogP contribution in [0.4, 0.5) is 0 Å². The van der Waals surface area contributed by atoms with E-state index < -0.39 is 0 Å². The van der Waals surface area contributed by atoms with E-state index in [9.17, 15) is 4.79 Å². The van der Waals surface area contributed by atoms with Crippen LogP contribution in [-0.4, -0.2) is 24.3 Å². The molecule has 1 aromatic carbocycles. The van der Waals surface area contributed by atoms with Crippen LogP contribution in [0.5, 0.6) is 0 Å². The first kappa shape index (κ1) is 14.9. The van der Waals surface area contributed by atoms with Gasteiger partial charge in [-0.15, -0.1) is 11.3 Å². The standard InChI is InChI=1S/C14H13Br2NOS/c1-17(7-10-6-14(16)19-9-10)8-13(18)11-4-2-3-5-12(11)15/h2-6,9H,7-8H2,1H3. The zero-order valence-corrected chi connectivity index (χ0v) is 14.4. The molecule has 0 saturated carbocycles. The van der Waals surface area contributed by atoms with Gasteiger partial charge in [0.15, 0.2) is 5.78 Å². The minimum absolute atomic E-state index is 0.129. The first-order valence-electron chi connectivity index (χ1n) is 5.75. The van der Waals surface area contributed by atoms with E-state index in [1.807, 2.05) is 36.2 Å². The molecular weight excluding hydrogens is 390 g/mol. The summed E-state index contributed by atoms with van der Waals surface area (Å²) in [5, 5.41) is 2.10. The largest absolute Gasteiger partial charge is 0.295 e. The zero-order chi connectivity index (χ0) is 13.8. The maximum Gasteiger partial charge on any atom is 0.177 e. The average Bonchev–Trinajstić information content (AvgIpc) is 2.74. The maximum atomic E-state index is 12.2. The number of halogens is 2. The van der Waals surface area contributed by atoms with Crippen molar-refractivity contribution in [3.05, 3.63) is 55.1 Å². The van der Waals surface area contributed by atoms with Crippen LogP contribution in [-0.2, 0) is 6.54 Å². The fourth-order valence-corrected chi connectivity index (χ4v) is 3.52. The lowest BCUT2D eigenvalue weighted by Gasteiger charge is -2.15. The highest BCUT2D eigenvalue weighted by atomic mass is 79.9. The molecule has 19 heavy (non-hydrogen) atoms. The minimum atomic E-state index is 0.129. The molecule has 0 N–H and O–H groups in total. The molecule has 0 radical (unpaired) electrons. The lowest BCUT2D eigenvalue weighted by atomic mass is 10.1. The van der Waals surface area contributed by atoms with Gasteiger partial charge in [0.1, 0.15) is 0 Å². The Morgan fingerprint density at radius 2 is 2.05 bits per heavy atom. The van der Waals surface area contributed by atoms with Gasteiger partial charge in [-0.1, -0.05) is 34.1 Å². The number of hydrogen-bond acceptors (Lipinski definition) is 3. The van der Waals surface area contributed by atoms with Crippen LogP contribution < -0.4 is 0 Å². The second-order valence-electron chi connectivity index (χ2n) is 4.33. The van der Waals surface area contributed by atoms with Crippen molar-refractivity contribution in [2.24, 2.45) is 0 Å². The Bertz CT molecular complexity index is 582. The number of nitrogens with zero attached hydrogens (tertiary/aromatic N) is 1. The molecule has 1 heterocycles. The summed E-state index contributed by atoms with van der Waals surface area (Å²) in [6.07, 6.45) is 0. The highest BCUT2D eigenvalue weighted by molar-refractivity contribution is 9.11. The molecule has 5 heteroatoms. The van der Waals surface area contributed by atoms with E-state index >= 15 is 0 Å². The molecule has 0 spiro atoms. The van der Waals surface area contributed by atoms with E-state index in [0.717, 1.165) is 20.4 Å². The van der Waals surface area contributed by atoms with Gasteiger partial charge < -0.3 is 0 Å². The molecule has 0 atom stereocenters. The van der Waals surface area contributed by atoms with Gasteiger partial charge in [-0.3, -0.25) is 9.69 Å². The third kappa shape index (κ3) is 4.24. The van der Waals surface area contributed by atoms with Crippen LogP contribution in [0.15, 0.2) is 44.0 Å². The SMILES string of the molecule is CN(CC(=O)c1ccccc1Br)Cc1csc(Br)c1. The number of Topliss-reactive ketones (excluding diaryl/α,β-unsaturated/α-hetero) is 1. The van der Waals surface area contributed by atoms with E-state index in [1.165, 1.54) is 5.56 Å². The predicted molar refractivity (Wildman–Crippen MR) is 86.8 cm³/mol. The Balaban J connectivity index is 1.97. The molecule has 1 aromatic heterocycles. The van der Waals surface area contributed by atoms with Gasteiger partial charge >= 0.3 is 0 Å². The molecular formula is C14H13Br2NOS. The lowest BCUT2D eigenvalue weighted by molar-refractivity contribution is 0.0942. The molecule has 2 nitrogen and oxygen atoms in total. The fraction of sp³-hybridized carbons (Fsp3) is 0.214. The summed E-state index contributed by atoms with van der Waals surface area (Å²) < 4.78 is 1.97. The molecule has 0 aliphatic carbocycles. The predicted octanol–water partition coefficient (Wildman–Crippen LogP) is 4.59. The molecule has 0 fully saturated rings. The number of carbonyl (C=O) groups is 1. The Kier molecular flexibility index (Phi) is 5.33. The van der Waals surface area contributed by atoms with Gasteiger partial charge in [0.2, 0.25) is 0 Å². The number of hydrogen-bond donors (Lipinski definition) is 0. The normalized spacial score (nSPS) is 10.9. The minimum Gasteiger partial charge on any atom is -0.295 e. The van der Waals surface area contributed by atoms with Crippen LogP contribution in [0.2, 0.25) is 0 Å². The first-order chi connectivity index (χ1) is 9.06. The molecule has 0 unspecified atom stereocenters. The van der Waals surface area contributed by atoms with E-state index in [1.54, 1.807) is 11.3 Å². The molecule has 100 valence electrons. The van der Waals surface area contributed by atoms with Crippen molar-refractivity contribution in [3.63, 3.8) is 0 Å². The average molecular weight is 403 g/mol. The van der Waals surface area contributed by atoms with Crippen molar-refractivity contribution in [3.8, 4) is 0 Å². The van der Waals surface area contributed by atoms with Gasteiger partial charge in [0.05, 0.1) is 10.3 Å². The summed E-state index contributed by atoms with van der Waals surface area (Å²) in [7, 11) is 1.96. The van der Waals surface area contributed by atoms with Gasteiger partial charge in [-0.05, 0) is 46.1 Å². The lowest BCUT2D eigenvalue weighted by Crippen LogP contribution is -2.25. The van der Waals surface area contributed by atoms with Crippen LogP contribution in [0, 0.1) is 0 Å². The fourth-order valence-electron chi connectivity index (χ4n) is 1.81. The van der Waals surface area contributed by atoms with E-state index in [2.05, 4.69) is 43.3 Å². The van der Waals surface area contributed by atoms with Gasteiger partial charge in [-0.2, -0.15) is 0 Å². The van der Waals surface area contributed by atoms with Crippen LogP contribution in [0.3, 0.4) is 0 Å². The highest BCUT2D eigenvalue weighted by Crippen LogP contribution is 2.22. The Labute approximate surface area is 133 Å². The van der Waals surface area contributed by atoms with Gasteiger partial charge in [0.25, 0.3) is 0 Å². The summed E-state index contributed by atoms with van der Waals surface area (Å²) in [6, 6.07) is 9.62. The van der Waals surface area contributed by atoms with Gasteiger partial charge in [0, 0.05) is 16.6 Å². The van der Waals surface area contributed by atoms with Crippen LogP contribution in [0.1, 0.15) is 15.9 Å². The molecule has 0 aliphatic rings. The highest BCUT2D eigenvalue weighted by Gasteiger charge is 2.12. The first-order valence-corrected chi connectivity index (χ1v) is 8.22. The molecule has 0 saturated heterocycles. The smallest absolute Gasteiger partial charge is 0.177 e. The molecule has 0 amide bonds. The third-order valence-electron chi connectivity index (χ3n) is 2.66. The van der Waals surface area contributed by atoms with Crippen LogP contribution in [0.25, 0.3) is 0 Å². The molecule has 0 aliphatic heterocycles. The van der Waals surface area contributed by atoms with E-state index in [4.69, 9.17) is 0 Å². The topological polar surface area (TPSA) is 20.3 Å².